The van der Waals surface area contributed by atoms with Crippen molar-refractivity contribution in [2.45, 2.75) is 52.1 Å². The van der Waals surface area contributed by atoms with Crippen LogP contribution in [0.25, 0.3) is 0 Å². The van der Waals surface area contributed by atoms with Crippen LogP contribution in [0.15, 0.2) is 0 Å². The molecule has 2 heteroatoms. The van der Waals surface area contributed by atoms with E-state index in [2.05, 4.69) is 13.8 Å². The van der Waals surface area contributed by atoms with E-state index in [1.807, 2.05) is 0 Å². The van der Waals surface area contributed by atoms with Crippen LogP contribution in [0.5, 0.6) is 0 Å². The first-order valence-electron chi connectivity index (χ1n) is 5.33. The first-order valence-corrected chi connectivity index (χ1v) is 5.33. The molecule has 0 amide bonds. The first kappa shape index (κ1) is 12.9. The van der Waals surface area contributed by atoms with Gasteiger partial charge in [0.1, 0.15) is 0 Å². The van der Waals surface area contributed by atoms with E-state index >= 15 is 0 Å². The Balaban J connectivity index is 3.12. The number of aliphatic hydroxyl groups is 1. The van der Waals surface area contributed by atoms with E-state index in [0.29, 0.717) is 5.92 Å². The van der Waals surface area contributed by atoms with E-state index in [-0.39, 0.29) is 6.10 Å². The van der Waals surface area contributed by atoms with E-state index in [9.17, 15) is 5.11 Å². The quantitative estimate of drug-likeness (QED) is 0.593. The number of hydrogen-bond donors (Lipinski definition) is 1. The minimum absolute atomic E-state index is 0.0949. The SMILES string of the molecule is COCCCCCC(O)CC(C)C. The van der Waals surface area contributed by atoms with Gasteiger partial charge in [-0.3, -0.25) is 0 Å². The highest BCUT2D eigenvalue weighted by atomic mass is 16.5. The van der Waals surface area contributed by atoms with E-state index in [0.717, 1.165) is 32.3 Å². The van der Waals surface area contributed by atoms with Gasteiger partial charge in [0.05, 0.1) is 6.10 Å². The molecule has 1 N–H and O–H groups in total. The zero-order chi connectivity index (χ0) is 10.1. The Bertz CT molecular complexity index is 102. The molecule has 1 atom stereocenters. The highest BCUT2D eigenvalue weighted by molar-refractivity contribution is 4.58. The largest absolute Gasteiger partial charge is 0.393 e. The van der Waals surface area contributed by atoms with Crippen molar-refractivity contribution in [3.8, 4) is 0 Å². The smallest absolute Gasteiger partial charge is 0.0542 e. The maximum atomic E-state index is 9.54. The summed E-state index contributed by atoms with van der Waals surface area (Å²) < 4.78 is 4.95. The number of unbranched alkanes of at least 4 members (excludes halogenated alkanes) is 2. The van der Waals surface area contributed by atoms with Crippen molar-refractivity contribution in [3.63, 3.8) is 0 Å². The Labute approximate surface area is 82.3 Å². The Morgan fingerprint density at radius 3 is 2.38 bits per heavy atom. The summed E-state index contributed by atoms with van der Waals surface area (Å²) in [5, 5.41) is 9.54. The summed E-state index contributed by atoms with van der Waals surface area (Å²) in [7, 11) is 1.73. The highest BCUT2D eigenvalue weighted by Crippen LogP contribution is 2.11. The topological polar surface area (TPSA) is 29.5 Å². The number of ether oxygens (including phenoxy) is 1. The molecule has 0 aliphatic carbocycles. The maximum absolute atomic E-state index is 9.54. The Hall–Kier alpha value is -0.0800. The molecule has 1 unspecified atom stereocenters. The predicted molar refractivity (Wildman–Crippen MR) is 55.8 cm³/mol. The van der Waals surface area contributed by atoms with Gasteiger partial charge < -0.3 is 9.84 Å². The van der Waals surface area contributed by atoms with Crippen LogP contribution in [0, 0.1) is 5.92 Å². The summed E-state index contributed by atoms with van der Waals surface area (Å²) in [5.41, 5.74) is 0. The molecule has 0 saturated heterocycles. The van der Waals surface area contributed by atoms with Crippen molar-refractivity contribution in [2.24, 2.45) is 5.92 Å². The van der Waals surface area contributed by atoms with Gasteiger partial charge in [-0.25, -0.2) is 0 Å². The number of hydrogen-bond acceptors (Lipinski definition) is 2. The molecule has 0 radical (unpaired) electrons. The fourth-order valence-corrected chi connectivity index (χ4v) is 1.47. The summed E-state index contributed by atoms with van der Waals surface area (Å²) >= 11 is 0. The molecule has 0 aliphatic rings. The molecule has 0 aromatic carbocycles. The standard InChI is InChI=1S/C11H24O2/c1-10(2)9-11(12)7-5-4-6-8-13-3/h10-12H,4-9H2,1-3H3. The Kier molecular flexibility index (Phi) is 8.46. The van der Waals surface area contributed by atoms with Crippen molar-refractivity contribution in [3.05, 3.63) is 0 Å². The van der Waals surface area contributed by atoms with Crippen molar-refractivity contribution >= 4 is 0 Å². The van der Waals surface area contributed by atoms with E-state index < -0.39 is 0 Å². The van der Waals surface area contributed by atoms with Gasteiger partial charge in [-0.15, -0.1) is 0 Å². The molecule has 0 aromatic heterocycles. The molecular weight excluding hydrogens is 164 g/mol. The van der Waals surface area contributed by atoms with Gasteiger partial charge in [-0.2, -0.15) is 0 Å². The lowest BCUT2D eigenvalue weighted by Gasteiger charge is -2.12. The zero-order valence-electron chi connectivity index (χ0n) is 9.25. The van der Waals surface area contributed by atoms with Crippen LogP contribution >= 0.6 is 0 Å². The van der Waals surface area contributed by atoms with Gasteiger partial charge in [0, 0.05) is 13.7 Å². The van der Waals surface area contributed by atoms with Gasteiger partial charge in [0.15, 0.2) is 0 Å². The fourth-order valence-electron chi connectivity index (χ4n) is 1.47. The average Bonchev–Trinajstić information content (AvgIpc) is 2.02. The Morgan fingerprint density at radius 2 is 1.85 bits per heavy atom. The van der Waals surface area contributed by atoms with Crippen LogP contribution in [0.3, 0.4) is 0 Å². The predicted octanol–water partition coefficient (Wildman–Crippen LogP) is 2.60. The monoisotopic (exact) mass is 188 g/mol. The third kappa shape index (κ3) is 9.84. The number of aliphatic hydroxyl groups excluding tert-OH is 1. The van der Waals surface area contributed by atoms with Crippen molar-refractivity contribution in [2.75, 3.05) is 13.7 Å². The fraction of sp³-hybridized carbons (Fsp3) is 1.00. The summed E-state index contributed by atoms with van der Waals surface area (Å²) in [5.74, 6) is 0.606. The van der Waals surface area contributed by atoms with Gasteiger partial charge in [-0.1, -0.05) is 26.7 Å². The summed E-state index contributed by atoms with van der Waals surface area (Å²) in [6.07, 6.45) is 5.19. The molecule has 0 spiro atoms. The van der Waals surface area contributed by atoms with Crippen LogP contribution in [0.1, 0.15) is 46.0 Å². The molecule has 2 nitrogen and oxygen atoms in total. The lowest BCUT2D eigenvalue weighted by Crippen LogP contribution is -2.09. The molecule has 0 aliphatic heterocycles. The minimum Gasteiger partial charge on any atom is -0.393 e. The summed E-state index contributed by atoms with van der Waals surface area (Å²) in [4.78, 5) is 0. The second-order valence-corrected chi connectivity index (χ2v) is 4.13. The number of methoxy groups -OCH3 is 1. The minimum atomic E-state index is -0.0949. The maximum Gasteiger partial charge on any atom is 0.0542 e. The van der Waals surface area contributed by atoms with Crippen LogP contribution in [-0.4, -0.2) is 24.9 Å². The summed E-state index contributed by atoms with van der Waals surface area (Å²) in [6.45, 7) is 5.14. The third-order valence-electron chi connectivity index (χ3n) is 2.13. The highest BCUT2D eigenvalue weighted by Gasteiger charge is 2.05. The molecule has 13 heavy (non-hydrogen) atoms. The van der Waals surface area contributed by atoms with Crippen LogP contribution < -0.4 is 0 Å². The molecule has 0 heterocycles. The molecule has 80 valence electrons. The normalized spacial score (nSPS) is 13.6. The van der Waals surface area contributed by atoms with Gasteiger partial charge >= 0.3 is 0 Å². The third-order valence-corrected chi connectivity index (χ3v) is 2.13. The van der Waals surface area contributed by atoms with Crippen LogP contribution in [0.2, 0.25) is 0 Å². The molecule has 0 bridgehead atoms. The van der Waals surface area contributed by atoms with Gasteiger partial charge in [0.2, 0.25) is 0 Å². The van der Waals surface area contributed by atoms with Crippen LogP contribution in [-0.2, 0) is 4.74 Å². The van der Waals surface area contributed by atoms with Gasteiger partial charge in [-0.05, 0) is 25.2 Å². The second kappa shape index (κ2) is 8.52. The lowest BCUT2D eigenvalue weighted by atomic mass is 10.0. The molecule has 0 aromatic rings. The second-order valence-electron chi connectivity index (χ2n) is 4.13. The lowest BCUT2D eigenvalue weighted by molar-refractivity contribution is 0.133. The van der Waals surface area contributed by atoms with Crippen molar-refractivity contribution in [1.29, 1.82) is 0 Å². The van der Waals surface area contributed by atoms with Crippen LogP contribution in [0.4, 0.5) is 0 Å². The summed E-state index contributed by atoms with van der Waals surface area (Å²) in [6, 6.07) is 0. The van der Waals surface area contributed by atoms with E-state index in [4.69, 9.17) is 4.74 Å². The van der Waals surface area contributed by atoms with E-state index in [1.165, 1.54) is 6.42 Å². The molecule has 0 fully saturated rings. The first-order chi connectivity index (χ1) is 6.16. The molecule has 0 rings (SSSR count). The van der Waals surface area contributed by atoms with Crippen molar-refractivity contribution in [1.82, 2.24) is 0 Å². The Morgan fingerprint density at radius 1 is 1.15 bits per heavy atom. The average molecular weight is 188 g/mol. The van der Waals surface area contributed by atoms with Crippen molar-refractivity contribution < 1.29 is 9.84 Å². The molecular formula is C11H24O2. The molecule has 0 saturated carbocycles. The zero-order valence-corrected chi connectivity index (χ0v) is 9.25. The number of rotatable bonds is 8. The van der Waals surface area contributed by atoms with E-state index in [1.54, 1.807) is 7.11 Å². The van der Waals surface area contributed by atoms with Gasteiger partial charge in [0.25, 0.3) is 0 Å².